The summed E-state index contributed by atoms with van der Waals surface area (Å²) in [6.45, 7) is 7.66. The molecule has 154 valence electrons. The van der Waals surface area contributed by atoms with Crippen molar-refractivity contribution in [1.82, 2.24) is 15.0 Å². The summed E-state index contributed by atoms with van der Waals surface area (Å²) in [4.78, 5) is 18.2. The largest absolute Gasteiger partial charge is 0.494 e. The predicted octanol–water partition coefficient (Wildman–Crippen LogP) is 5.45. The van der Waals surface area contributed by atoms with E-state index in [-0.39, 0.29) is 0 Å². The zero-order valence-electron chi connectivity index (χ0n) is 17.8. The minimum absolute atomic E-state index is 0.666. The third-order valence-corrected chi connectivity index (χ3v) is 6.12. The van der Waals surface area contributed by atoms with Crippen molar-refractivity contribution < 1.29 is 4.74 Å². The molecule has 0 N–H and O–H groups in total. The number of nitrogens with zero attached hydrogens (tertiary/aromatic N) is 4. The van der Waals surface area contributed by atoms with Gasteiger partial charge >= 0.3 is 0 Å². The first-order valence-electron chi connectivity index (χ1n) is 10.2. The fourth-order valence-corrected chi connectivity index (χ4v) is 4.74. The summed E-state index contributed by atoms with van der Waals surface area (Å²) in [7, 11) is 2.11. The fourth-order valence-electron chi connectivity index (χ4n) is 3.66. The van der Waals surface area contributed by atoms with E-state index in [2.05, 4.69) is 48.1 Å². The van der Waals surface area contributed by atoms with Gasteiger partial charge in [0, 0.05) is 36.4 Å². The van der Waals surface area contributed by atoms with Crippen molar-refractivity contribution in [2.45, 2.75) is 27.2 Å². The minimum atomic E-state index is 0.666. The number of aryl methyl sites for hydroxylation is 2. The normalized spacial score (nSPS) is 11.1. The molecule has 4 aromatic rings. The molecule has 0 aliphatic carbocycles. The molecule has 0 radical (unpaired) electrons. The van der Waals surface area contributed by atoms with E-state index in [4.69, 9.17) is 14.7 Å². The summed E-state index contributed by atoms with van der Waals surface area (Å²) in [5, 5.41) is 1.13. The van der Waals surface area contributed by atoms with Crippen LogP contribution < -0.4 is 9.64 Å². The van der Waals surface area contributed by atoms with Crippen LogP contribution in [0, 0.1) is 13.8 Å². The lowest BCUT2D eigenvalue weighted by molar-refractivity contribution is 0.340. The number of hydrogen-bond donors (Lipinski definition) is 0. The molecule has 5 nitrogen and oxygen atoms in total. The fraction of sp³-hybridized carbons (Fsp3) is 0.292. The number of likely N-dealkylation sites (N-methyl/N-ethyl adjacent to an activating group) is 1. The first-order valence-corrected chi connectivity index (χ1v) is 11.0. The van der Waals surface area contributed by atoms with E-state index in [1.807, 2.05) is 38.4 Å². The Morgan fingerprint density at radius 2 is 1.73 bits per heavy atom. The maximum atomic E-state index is 5.61. The maximum Gasteiger partial charge on any atom is 0.141 e. The second-order valence-corrected chi connectivity index (χ2v) is 8.50. The van der Waals surface area contributed by atoms with E-state index in [1.165, 1.54) is 21.6 Å². The highest BCUT2D eigenvalue weighted by Crippen LogP contribution is 2.42. The van der Waals surface area contributed by atoms with Gasteiger partial charge in [0.15, 0.2) is 0 Å². The molecular weight excluding hydrogens is 392 g/mol. The van der Waals surface area contributed by atoms with E-state index in [9.17, 15) is 0 Å². The van der Waals surface area contributed by atoms with Crippen LogP contribution in [-0.2, 0) is 6.42 Å². The van der Waals surface area contributed by atoms with Crippen LogP contribution in [-0.4, -0.2) is 35.2 Å². The van der Waals surface area contributed by atoms with Gasteiger partial charge in [-0.1, -0.05) is 12.1 Å². The van der Waals surface area contributed by atoms with Crippen LogP contribution in [0.25, 0.3) is 21.3 Å². The van der Waals surface area contributed by atoms with Crippen LogP contribution >= 0.6 is 11.3 Å². The number of ether oxygens (including phenoxy) is 1. The van der Waals surface area contributed by atoms with Crippen LogP contribution in [0.3, 0.4) is 0 Å². The molecule has 3 aromatic heterocycles. The molecule has 0 spiro atoms. The lowest BCUT2D eigenvalue weighted by atomic mass is 10.0. The number of aromatic nitrogens is 3. The molecule has 6 heteroatoms. The summed E-state index contributed by atoms with van der Waals surface area (Å²) in [6, 6.07) is 12.4. The quantitative estimate of drug-likeness (QED) is 0.400. The van der Waals surface area contributed by atoms with Gasteiger partial charge in [-0.05, 0) is 62.6 Å². The topological polar surface area (TPSA) is 51.1 Å². The average Bonchev–Trinajstić information content (AvgIpc) is 3.08. The van der Waals surface area contributed by atoms with Crippen LogP contribution in [0.1, 0.15) is 23.2 Å². The van der Waals surface area contributed by atoms with Gasteiger partial charge in [-0.3, -0.25) is 4.98 Å². The Bertz CT molecular complexity index is 1140. The Labute approximate surface area is 181 Å². The highest BCUT2D eigenvalue weighted by molar-refractivity contribution is 7.19. The van der Waals surface area contributed by atoms with Crippen molar-refractivity contribution in [3.8, 4) is 16.9 Å². The number of pyridine rings is 1. The smallest absolute Gasteiger partial charge is 0.141 e. The standard InChI is InChI=1S/C24H26N4OS/c1-5-29-20-8-6-19(7-9-20)21-16(2)30-24-22(21)23(26-17(3)27-24)28(4)15-12-18-10-13-25-14-11-18/h6-11,13-14H,5,12,15H2,1-4H3. The lowest BCUT2D eigenvalue weighted by Gasteiger charge is -2.20. The van der Waals surface area contributed by atoms with Gasteiger partial charge in [-0.2, -0.15) is 0 Å². The van der Waals surface area contributed by atoms with Crippen LogP contribution in [0.4, 0.5) is 5.82 Å². The SMILES string of the molecule is CCOc1ccc(-c2c(C)sc3nc(C)nc(N(C)CCc4ccncc4)c23)cc1. The van der Waals surface area contributed by atoms with Crippen molar-refractivity contribution in [2.75, 3.05) is 25.1 Å². The van der Waals surface area contributed by atoms with Gasteiger partial charge in [0.25, 0.3) is 0 Å². The summed E-state index contributed by atoms with van der Waals surface area (Å²) < 4.78 is 5.61. The lowest BCUT2D eigenvalue weighted by Crippen LogP contribution is -2.22. The third kappa shape index (κ3) is 4.14. The van der Waals surface area contributed by atoms with E-state index in [0.717, 1.165) is 40.6 Å². The Morgan fingerprint density at radius 1 is 1.00 bits per heavy atom. The zero-order valence-corrected chi connectivity index (χ0v) is 18.7. The minimum Gasteiger partial charge on any atom is -0.494 e. The molecule has 1 aromatic carbocycles. The number of rotatable bonds is 7. The van der Waals surface area contributed by atoms with Crippen molar-refractivity contribution >= 4 is 27.4 Å². The Hall–Kier alpha value is -2.99. The molecule has 0 saturated carbocycles. The van der Waals surface area contributed by atoms with Gasteiger partial charge in [0.2, 0.25) is 0 Å². The van der Waals surface area contributed by atoms with Crippen LogP contribution in [0.5, 0.6) is 5.75 Å². The molecule has 0 saturated heterocycles. The highest BCUT2D eigenvalue weighted by atomic mass is 32.1. The van der Waals surface area contributed by atoms with Crippen molar-refractivity contribution in [1.29, 1.82) is 0 Å². The number of fused-ring (bicyclic) bond motifs is 1. The third-order valence-electron chi connectivity index (χ3n) is 5.12. The molecule has 0 amide bonds. The second-order valence-electron chi connectivity index (χ2n) is 7.29. The molecule has 0 aliphatic heterocycles. The second kappa shape index (κ2) is 8.79. The van der Waals surface area contributed by atoms with Crippen LogP contribution in [0.15, 0.2) is 48.8 Å². The predicted molar refractivity (Wildman–Crippen MR) is 125 cm³/mol. The van der Waals surface area contributed by atoms with Crippen molar-refractivity contribution in [3.05, 3.63) is 65.1 Å². The Morgan fingerprint density at radius 3 is 2.43 bits per heavy atom. The summed E-state index contributed by atoms with van der Waals surface area (Å²) in [5.41, 5.74) is 3.65. The highest BCUT2D eigenvalue weighted by Gasteiger charge is 2.20. The number of hydrogen-bond acceptors (Lipinski definition) is 6. The molecule has 0 bridgehead atoms. The van der Waals surface area contributed by atoms with Gasteiger partial charge < -0.3 is 9.64 Å². The first kappa shape index (κ1) is 20.3. The molecule has 30 heavy (non-hydrogen) atoms. The monoisotopic (exact) mass is 418 g/mol. The Balaban J connectivity index is 1.74. The van der Waals surface area contributed by atoms with Gasteiger partial charge in [0.1, 0.15) is 22.2 Å². The Kier molecular flexibility index (Phi) is 5.95. The molecule has 0 fully saturated rings. The van der Waals surface area contributed by atoms with E-state index in [1.54, 1.807) is 11.3 Å². The van der Waals surface area contributed by atoms with E-state index >= 15 is 0 Å². The van der Waals surface area contributed by atoms with Gasteiger partial charge in [-0.15, -0.1) is 11.3 Å². The average molecular weight is 419 g/mol. The number of benzene rings is 1. The van der Waals surface area contributed by atoms with Gasteiger partial charge in [0.05, 0.1) is 12.0 Å². The molecule has 0 atom stereocenters. The van der Waals surface area contributed by atoms with Crippen molar-refractivity contribution in [2.24, 2.45) is 0 Å². The van der Waals surface area contributed by atoms with E-state index < -0.39 is 0 Å². The zero-order chi connectivity index (χ0) is 21.1. The number of anilines is 1. The first-order chi connectivity index (χ1) is 14.6. The molecule has 0 unspecified atom stereocenters. The summed E-state index contributed by atoms with van der Waals surface area (Å²) in [5.74, 6) is 2.67. The molecule has 0 aliphatic rings. The van der Waals surface area contributed by atoms with E-state index in [0.29, 0.717) is 6.61 Å². The molecule has 3 heterocycles. The molecule has 4 rings (SSSR count). The van der Waals surface area contributed by atoms with Crippen LogP contribution in [0.2, 0.25) is 0 Å². The summed E-state index contributed by atoms with van der Waals surface area (Å²) in [6.07, 6.45) is 4.62. The van der Waals surface area contributed by atoms with Gasteiger partial charge in [-0.25, -0.2) is 9.97 Å². The number of thiophene rings is 1. The van der Waals surface area contributed by atoms with Crippen molar-refractivity contribution in [3.63, 3.8) is 0 Å². The summed E-state index contributed by atoms with van der Waals surface area (Å²) >= 11 is 1.73. The maximum absolute atomic E-state index is 5.61. The molecular formula is C24H26N4OS.